The Morgan fingerprint density at radius 3 is 3.00 bits per heavy atom. The number of imide groups is 1. The van der Waals surface area contributed by atoms with Gasteiger partial charge in [0.2, 0.25) is 5.91 Å². The first-order chi connectivity index (χ1) is 5.70. The van der Waals surface area contributed by atoms with Crippen molar-refractivity contribution >= 4 is 11.8 Å². The van der Waals surface area contributed by atoms with Crippen molar-refractivity contribution in [3.8, 4) is 0 Å². The number of carbonyl (C=O) groups is 2. The van der Waals surface area contributed by atoms with E-state index in [1.807, 2.05) is 0 Å². The maximum absolute atomic E-state index is 11.1. The van der Waals surface area contributed by atoms with Gasteiger partial charge < -0.3 is 4.74 Å². The molecule has 1 unspecified atom stereocenters. The van der Waals surface area contributed by atoms with Crippen LogP contribution in [-0.4, -0.2) is 30.1 Å². The Kier molecular flexibility index (Phi) is 2.60. The van der Waals surface area contributed by atoms with Crippen molar-refractivity contribution in [3.05, 3.63) is 12.7 Å². The van der Waals surface area contributed by atoms with Crippen LogP contribution in [0.15, 0.2) is 12.7 Å². The van der Waals surface area contributed by atoms with E-state index in [2.05, 4.69) is 6.58 Å². The van der Waals surface area contributed by atoms with E-state index in [0.717, 1.165) is 11.0 Å². The van der Waals surface area contributed by atoms with Gasteiger partial charge in [0.15, 0.2) is 0 Å². The van der Waals surface area contributed by atoms with Gasteiger partial charge in [0.25, 0.3) is 5.91 Å². The normalized spacial score (nSPS) is 22.9. The smallest absolute Gasteiger partial charge is 0.254 e. The molecule has 1 fully saturated rings. The van der Waals surface area contributed by atoms with Crippen molar-refractivity contribution in [2.45, 2.75) is 19.1 Å². The summed E-state index contributed by atoms with van der Waals surface area (Å²) in [6.07, 6.45) is 1.67. The third-order valence-electron chi connectivity index (χ3n) is 1.85. The molecular formula is C8H11NO3. The second-order valence-electron chi connectivity index (χ2n) is 2.54. The monoisotopic (exact) mass is 169 g/mol. The standard InChI is InChI=1S/C8H11NO3/c1-3-6(10)9-7(11)4-5-8(9)12-2/h3,8H,1,4-5H2,2H3. The van der Waals surface area contributed by atoms with Gasteiger partial charge in [-0.15, -0.1) is 0 Å². The topological polar surface area (TPSA) is 46.6 Å². The van der Waals surface area contributed by atoms with Crippen LogP contribution in [0.1, 0.15) is 12.8 Å². The first kappa shape index (κ1) is 8.93. The van der Waals surface area contributed by atoms with Crippen LogP contribution >= 0.6 is 0 Å². The zero-order valence-corrected chi connectivity index (χ0v) is 6.95. The van der Waals surface area contributed by atoms with Gasteiger partial charge in [-0.2, -0.15) is 0 Å². The highest BCUT2D eigenvalue weighted by molar-refractivity contribution is 6.01. The number of hydrogen-bond acceptors (Lipinski definition) is 3. The van der Waals surface area contributed by atoms with Gasteiger partial charge in [-0.25, -0.2) is 0 Å². The number of rotatable bonds is 2. The van der Waals surface area contributed by atoms with E-state index in [1.165, 1.54) is 7.11 Å². The maximum Gasteiger partial charge on any atom is 0.254 e. The molecule has 1 heterocycles. The van der Waals surface area contributed by atoms with Gasteiger partial charge in [0, 0.05) is 20.0 Å². The van der Waals surface area contributed by atoms with Crippen molar-refractivity contribution in [1.29, 1.82) is 0 Å². The van der Waals surface area contributed by atoms with Crippen molar-refractivity contribution in [2.24, 2.45) is 0 Å². The minimum Gasteiger partial charge on any atom is -0.361 e. The van der Waals surface area contributed by atoms with Gasteiger partial charge in [-0.3, -0.25) is 14.5 Å². The van der Waals surface area contributed by atoms with Crippen LogP contribution in [0.25, 0.3) is 0 Å². The fraction of sp³-hybridized carbons (Fsp3) is 0.500. The highest BCUT2D eigenvalue weighted by Gasteiger charge is 2.34. The zero-order valence-electron chi connectivity index (χ0n) is 6.95. The molecule has 66 valence electrons. The Morgan fingerprint density at radius 2 is 2.50 bits per heavy atom. The molecular weight excluding hydrogens is 158 g/mol. The molecule has 1 saturated heterocycles. The minimum absolute atomic E-state index is 0.188. The Hall–Kier alpha value is -1.16. The molecule has 0 aromatic heterocycles. The first-order valence-corrected chi connectivity index (χ1v) is 3.72. The predicted molar refractivity (Wildman–Crippen MR) is 42.1 cm³/mol. The van der Waals surface area contributed by atoms with Crippen LogP contribution in [0.2, 0.25) is 0 Å². The van der Waals surface area contributed by atoms with Crippen LogP contribution < -0.4 is 0 Å². The number of hydrogen-bond donors (Lipinski definition) is 0. The Bertz CT molecular complexity index is 224. The summed E-state index contributed by atoms with van der Waals surface area (Å²) in [5.74, 6) is -0.573. The number of carbonyl (C=O) groups excluding carboxylic acids is 2. The number of methoxy groups -OCH3 is 1. The van der Waals surface area contributed by atoms with Crippen LogP contribution in [0.3, 0.4) is 0 Å². The third-order valence-corrected chi connectivity index (χ3v) is 1.85. The molecule has 1 aliphatic rings. The van der Waals surface area contributed by atoms with Gasteiger partial charge >= 0.3 is 0 Å². The average Bonchev–Trinajstić information content (AvgIpc) is 2.45. The van der Waals surface area contributed by atoms with E-state index in [9.17, 15) is 9.59 Å². The molecule has 0 N–H and O–H groups in total. The largest absolute Gasteiger partial charge is 0.361 e. The lowest BCUT2D eigenvalue weighted by Gasteiger charge is -2.19. The number of amides is 2. The van der Waals surface area contributed by atoms with Gasteiger partial charge in [-0.1, -0.05) is 6.58 Å². The second-order valence-corrected chi connectivity index (χ2v) is 2.54. The molecule has 0 spiro atoms. The highest BCUT2D eigenvalue weighted by Crippen LogP contribution is 2.19. The van der Waals surface area contributed by atoms with Crippen LogP contribution in [0.4, 0.5) is 0 Å². The summed E-state index contributed by atoms with van der Waals surface area (Å²) in [6, 6.07) is 0. The Balaban J connectivity index is 2.76. The summed E-state index contributed by atoms with van der Waals surface area (Å²) in [5.41, 5.74) is 0. The number of likely N-dealkylation sites (tertiary alicyclic amines) is 1. The fourth-order valence-electron chi connectivity index (χ4n) is 1.24. The molecule has 2 amide bonds. The summed E-state index contributed by atoms with van der Waals surface area (Å²) in [6.45, 7) is 3.31. The Morgan fingerprint density at radius 1 is 1.83 bits per heavy atom. The van der Waals surface area contributed by atoms with Crippen LogP contribution in [0, 0.1) is 0 Å². The maximum atomic E-state index is 11.1. The van der Waals surface area contributed by atoms with Crippen molar-refractivity contribution in [2.75, 3.05) is 7.11 Å². The summed E-state index contributed by atoms with van der Waals surface area (Å²) in [4.78, 5) is 23.3. The molecule has 12 heavy (non-hydrogen) atoms. The lowest BCUT2D eigenvalue weighted by molar-refractivity contribution is -0.148. The number of ether oxygens (including phenoxy) is 1. The molecule has 0 saturated carbocycles. The SMILES string of the molecule is C=CC(=O)N1C(=O)CCC1OC. The van der Waals surface area contributed by atoms with Gasteiger partial charge in [0.1, 0.15) is 6.23 Å². The first-order valence-electron chi connectivity index (χ1n) is 3.72. The molecule has 1 atom stereocenters. The van der Waals surface area contributed by atoms with E-state index >= 15 is 0 Å². The van der Waals surface area contributed by atoms with Crippen molar-refractivity contribution < 1.29 is 14.3 Å². The van der Waals surface area contributed by atoms with Gasteiger partial charge in [0.05, 0.1) is 0 Å². The highest BCUT2D eigenvalue weighted by atomic mass is 16.5. The lowest BCUT2D eigenvalue weighted by Crippen LogP contribution is -2.38. The average molecular weight is 169 g/mol. The fourth-order valence-corrected chi connectivity index (χ4v) is 1.24. The van der Waals surface area contributed by atoms with E-state index in [-0.39, 0.29) is 11.8 Å². The Labute approximate surface area is 70.8 Å². The van der Waals surface area contributed by atoms with Crippen molar-refractivity contribution in [3.63, 3.8) is 0 Å². The molecule has 0 aromatic rings. The summed E-state index contributed by atoms with van der Waals surface area (Å²) in [5, 5.41) is 0. The molecule has 0 bridgehead atoms. The summed E-state index contributed by atoms with van der Waals surface area (Å²) in [7, 11) is 1.48. The molecule has 0 aromatic carbocycles. The molecule has 0 aliphatic carbocycles. The van der Waals surface area contributed by atoms with Crippen molar-refractivity contribution in [1.82, 2.24) is 4.90 Å². The molecule has 0 radical (unpaired) electrons. The molecule has 4 nitrogen and oxygen atoms in total. The van der Waals surface area contributed by atoms with E-state index in [0.29, 0.717) is 12.8 Å². The van der Waals surface area contributed by atoms with Crippen LogP contribution in [0.5, 0.6) is 0 Å². The van der Waals surface area contributed by atoms with E-state index in [4.69, 9.17) is 4.74 Å². The predicted octanol–water partition coefficient (Wildman–Crippen LogP) is 0.294. The summed E-state index contributed by atoms with van der Waals surface area (Å²) < 4.78 is 4.95. The number of nitrogens with zero attached hydrogens (tertiary/aromatic N) is 1. The second kappa shape index (κ2) is 3.49. The zero-order chi connectivity index (χ0) is 9.14. The van der Waals surface area contributed by atoms with E-state index in [1.54, 1.807) is 0 Å². The van der Waals surface area contributed by atoms with Crippen LogP contribution in [-0.2, 0) is 14.3 Å². The van der Waals surface area contributed by atoms with E-state index < -0.39 is 6.23 Å². The molecule has 4 heteroatoms. The lowest BCUT2D eigenvalue weighted by atomic mass is 10.3. The summed E-state index contributed by atoms with van der Waals surface area (Å²) >= 11 is 0. The third kappa shape index (κ3) is 1.38. The molecule has 1 aliphatic heterocycles. The molecule has 1 rings (SSSR count). The van der Waals surface area contributed by atoms with Gasteiger partial charge in [-0.05, 0) is 6.08 Å². The quantitative estimate of drug-likeness (QED) is 0.558. The minimum atomic E-state index is -0.400.